The highest BCUT2D eigenvalue weighted by Gasteiger charge is 2.26. The zero-order valence-corrected chi connectivity index (χ0v) is 12.7. The molecule has 0 aromatic rings. The van der Waals surface area contributed by atoms with Crippen molar-refractivity contribution >= 4 is 12.0 Å². The van der Waals surface area contributed by atoms with Gasteiger partial charge in [-0.1, -0.05) is 6.92 Å². The van der Waals surface area contributed by atoms with E-state index in [4.69, 9.17) is 5.11 Å². The molecule has 0 saturated heterocycles. The van der Waals surface area contributed by atoms with Crippen LogP contribution in [0.3, 0.4) is 0 Å². The highest BCUT2D eigenvalue weighted by Crippen LogP contribution is 2.13. The summed E-state index contributed by atoms with van der Waals surface area (Å²) in [5.74, 6) is -0.896. The van der Waals surface area contributed by atoms with Crippen LogP contribution in [0.25, 0.3) is 0 Å². The molecule has 19 heavy (non-hydrogen) atoms. The van der Waals surface area contributed by atoms with Crippen molar-refractivity contribution in [2.75, 3.05) is 33.2 Å². The highest BCUT2D eigenvalue weighted by atomic mass is 16.4. The van der Waals surface area contributed by atoms with Crippen molar-refractivity contribution in [1.82, 2.24) is 15.1 Å². The van der Waals surface area contributed by atoms with Crippen molar-refractivity contribution in [2.24, 2.45) is 0 Å². The third-order valence-electron chi connectivity index (χ3n) is 2.91. The molecule has 0 fully saturated rings. The SMILES string of the molecule is CCN(C)CCNC(=O)N(CCC(=O)O)C(C)(C)C. The third-order valence-corrected chi connectivity index (χ3v) is 2.91. The number of amides is 2. The second kappa shape index (κ2) is 7.99. The zero-order valence-electron chi connectivity index (χ0n) is 12.7. The minimum atomic E-state index is -0.896. The molecule has 0 atom stereocenters. The first-order valence-electron chi connectivity index (χ1n) is 6.64. The van der Waals surface area contributed by atoms with E-state index in [1.165, 1.54) is 0 Å². The number of hydrogen-bond donors (Lipinski definition) is 2. The lowest BCUT2D eigenvalue weighted by molar-refractivity contribution is -0.137. The van der Waals surface area contributed by atoms with Crippen molar-refractivity contribution in [2.45, 2.75) is 39.7 Å². The van der Waals surface area contributed by atoms with Crippen LogP contribution in [0.5, 0.6) is 0 Å². The summed E-state index contributed by atoms with van der Waals surface area (Å²) in [5, 5.41) is 11.6. The molecule has 0 radical (unpaired) electrons. The van der Waals surface area contributed by atoms with Crippen molar-refractivity contribution in [3.05, 3.63) is 0 Å². The van der Waals surface area contributed by atoms with E-state index < -0.39 is 11.5 Å². The first kappa shape index (κ1) is 17.7. The maximum atomic E-state index is 12.1. The number of nitrogens with one attached hydrogen (secondary N) is 1. The monoisotopic (exact) mass is 273 g/mol. The van der Waals surface area contributed by atoms with Gasteiger partial charge in [0, 0.05) is 25.2 Å². The molecule has 6 nitrogen and oxygen atoms in total. The van der Waals surface area contributed by atoms with Crippen LogP contribution in [0.4, 0.5) is 4.79 Å². The molecule has 0 spiro atoms. The molecule has 0 bridgehead atoms. The maximum Gasteiger partial charge on any atom is 0.317 e. The topological polar surface area (TPSA) is 72.9 Å². The van der Waals surface area contributed by atoms with Crippen LogP contribution in [-0.4, -0.2) is 65.7 Å². The Hall–Kier alpha value is -1.30. The summed E-state index contributed by atoms with van der Waals surface area (Å²) in [6.07, 6.45) is -0.0421. The number of carbonyl (C=O) groups is 2. The standard InChI is InChI=1S/C13H27N3O3/c1-6-15(5)10-8-14-12(19)16(13(2,3)4)9-7-11(17)18/h6-10H2,1-5H3,(H,14,19)(H,17,18). The van der Waals surface area contributed by atoms with E-state index in [2.05, 4.69) is 17.1 Å². The number of hydrogen-bond acceptors (Lipinski definition) is 3. The van der Waals surface area contributed by atoms with Crippen LogP contribution in [0.15, 0.2) is 0 Å². The molecule has 0 rings (SSSR count). The van der Waals surface area contributed by atoms with Gasteiger partial charge < -0.3 is 20.2 Å². The molecule has 2 amide bonds. The average Bonchev–Trinajstić information content (AvgIpc) is 2.26. The van der Waals surface area contributed by atoms with Gasteiger partial charge in [-0.25, -0.2) is 4.79 Å². The summed E-state index contributed by atoms with van der Waals surface area (Å²) in [6, 6.07) is -0.210. The van der Waals surface area contributed by atoms with Gasteiger partial charge in [0.05, 0.1) is 6.42 Å². The van der Waals surface area contributed by atoms with E-state index >= 15 is 0 Å². The summed E-state index contributed by atoms with van der Waals surface area (Å²) < 4.78 is 0. The summed E-state index contributed by atoms with van der Waals surface area (Å²) >= 11 is 0. The van der Waals surface area contributed by atoms with Crippen molar-refractivity contribution < 1.29 is 14.7 Å². The molecule has 0 aliphatic rings. The molecule has 0 aromatic heterocycles. The summed E-state index contributed by atoms with van der Waals surface area (Å²) in [7, 11) is 1.98. The normalized spacial score (nSPS) is 11.5. The molecule has 0 aliphatic carbocycles. The van der Waals surface area contributed by atoms with Crippen molar-refractivity contribution in [3.63, 3.8) is 0 Å². The van der Waals surface area contributed by atoms with Gasteiger partial charge in [0.15, 0.2) is 0 Å². The molecule has 0 unspecified atom stereocenters. The average molecular weight is 273 g/mol. The lowest BCUT2D eigenvalue weighted by atomic mass is 10.1. The molecule has 2 N–H and O–H groups in total. The molecule has 0 heterocycles. The fourth-order valence-electron chi connectivity index (χ4n) is 1.56. The molecule has 0 saturated carbocycles. The van der Waals surface area contributed by atoms with Gasteiger partial charge in [-0.15, -0.1) is 0 Å². The Morgan fingerprint density at radius 2 is 1.79 bits per heavy atom. The number of nitrogens with zero attached hydrogens (tertiary/aromatic N) is 2. The van der Waals surface area contributed by atoms with Crippen LogP contribution in [0.2, 0.25) is 0 Å². The van der Waals surface area contributed by atoms with Crippen LogP contribution >= 0.6 is 0 Å². The van der Waals surface area contributed by atoms with E-state index in [0.717, 1.165) is 13.1 Å². The summed E-state index contributed by atoms with van der Waals surface area (Å²) in [4.78, 5) is 26.4. The smallest absolute Gasteiger partial charge is 0.317 e. The summed E-state index contributed by atoms with van der Waals surface area (Å²) in [6.45, 7) is 10.2. The van der Waals surface area contributed by atoms with Gasteiger partial charge in [0.2, 0.25) is 0 Å². The second-order valence-corrected chi connectivity index (χ2v) is 5.59. The van der Waals surface area contributed by atoms with E-state index in [1.54, 1.807) is 4.90 Å². The molecule has 112 valence electrons. The van der Waals surface area contributed by atoms with Crippen LogP contribution in [0, 0.1) is 0 Å². The Bertz CT molecular complexity index is 300. The van der Waals surface area contributed by atoms with E-state index in [-0.39, 0.29) is 19.0 Å². The van der Waals surface area contributed by atoms with Gasteiger partial charge in [-0.3, -0.25) is 4.79 Å². The number of carbonyl (C=O) groups excluding carboxylic acids is 1. The Morgan fingerprint density at radius 1 is 1.21 bits per heavy atom. The predicted molar refractivity (Wildman–Crippen MR) is 75.3 cm³/mol. The lowest BCUT2D eigenvalue weighted by Gasteiger charge is -2.35. The predicted octanol–water partition coefficient (Wildman–Crippen LogP) is 1.22. The number of carboxylic acids is 1. The minimum absolute atomic E-state index is 0.0421. The molecule has 0 aromatic carbocycles. The van der Waals surface area contributed by atoms with Gasteiger partial charge in [-0.05, 0) is 34.4 Å². The molecular weight excluding hydrogens is 246 g/mol. The molecule has 0 aliphatic heterocycles. The second-order valence-electron chi connectivity index (χ2n) is 5.59. The summed E-state index contributed by atoms with van der Waals surface area (Å²) in [5.41, 5.74) is -0.393. The van der Waals surface area contributed by atoms with Gasteiger partial charge in [0.1, 0.15) is 0 Å². The van der Waals surface area contributed by atoms with Gasteiger partial charge >= 0.3 is 12.0 Å². The number of rotatable bonds is 7. The van der Waals surface area contributed by atoms with E-state index in [1.807, 2.05) is 27.8 Å². The van der Waals surface area contributed by atoms with Crippen LogP contribution < -0.4 is 5.32 Å². The number of urea groups is 1. The molecule has 6 heteroatoms. The number of likely N-dealkylation sites (N-methyl/N-ethyl adjacent to an activating group) is 1. The Balaban J connectivity index is 4.35. The largest absolute Gasteiger partial charge is 0.481 e. The third kappa shape index (κ3) is 7.66. The highest BCUT2D eigenvalue weighted by molar-refractivity contribution is 5.76. The van der Waals surface area contributed by atoms with Gasteiger partial charge in [-0.2, -0.15) is 0 Å². The zero-order chi connectivity index (χ0) is 15.1. The maximum absolute atomic E-state index is 12.1. The minimum Gasteiger partial charge on any atom is -0.481 e. The first-order chi connectivity index (χ1) is 8.68. The van der Waals surface area contributed by atoms with E-state index in [0.29, 0.717) is 6.54 Å². The van der Waals surface area contributed by atoms with Crippen molar-refractivity contribution in [3.8, 4) is 0 Å². The lowest BCUT2D eigenvalue weighted by Crippen LogP contribution is -2.52. The van der Waals surface area contributed by atoms with Crippen LogP contribution in [-0.2, 0) is 4.79 Å². The molecular formula is C13H27N3O3. The Kier molecular flexibility index (Phi) is 7.44. The fraction of sp³-hybridized carbons (Fsp3) is 0.846. The van der Waals surface area contributed by atoms with Crippen molar-refractivity contribution in [1.29, 1.82) is 0 Å². The van der Waals surface area contributed by atoms with Crippen LogP contribution in [0.1, 0.15) is 34.1 Å². The fourth-order valence-corrected chi connectivity index (χ4v) is 1.56. The Morgan fingerprint density at radius 3 is 2.21 bits per heavy atom. The Labute approximate surface area is 115 Å². The number of aliphatic carboxylic acids is 1. The van der Waals surface area contributed by atoms with Gasteiger partial charge in [0.25, 0.3) is 0 Å². The first-order valence-corrected chi connectivity index (χ1v) is 6.64. The number of carboxylic acid groups (broad SMARTS) is 1. The van der Waals surface area contributed by atoms with E-state index in [9.17, 15) is 9.59 Å². The quantitative estimate of drug-likeness (QED) is 0.731.